The summed E-state index contributed by atoms with van der Waals surface area (Å²) in [6, 6.07) is 7.76. The van der Waals surface area contributed by atoms with Crippen LogP contribution in [0.15, 0.2) is 36.7 Å². The first-order valence-electron chi connectivity index (χ1n) is 5.32. The van der Waals surface area contributed by atoms with E-state index in [1.54, 1.807) is 0 Å². The van der Waals surface area contributed by atoms with Crippen LogP contribution >= 0.6 is 0 Å². The van der Waals surface area contributed by atoms with Gasteiger partial charge < -0.3 is 16.2 Å². The molecule has 0 unspecified atom stereocenters. The molecule has 0 aliphatic rings. The Balaban J connectivity index is 2.12. The molecule has 0 amide bonds. The summed E-state index contributed by atoms with van der Waals surface area (Å²) in [5, 5.41) is 0. The van der Waals surface area contributed by atoms with Gasteiger partial charge in [0.25, 0.3) is 0 Å². The van der Waals surface area contributed by atoms with Crippen molar-refractivity contribution in [3.05, 3.63) is 42.2 Å². The van der Waals surface area contributed by atoms with Crippen molar-refractivity contribution in [2.75, 3.05) is 12.3 Å². The summed E-state index contributed by atoms with van der Waals surface area (Å²) in [5.74, 6) is 1.53. The lowest BCUT2D eigenvalue weighted by molar-refractivity contribution is 0.477. The number of hydrogen-bond donors (Lipinski definition) is 2. The molecule has 0 spiro atoms. The summed E-state index contributed by atoms with van der Waals surface area (Å²) in [6.07, 6.45) is 3.91. The zero-order valence-electron chi connectivity index (χ0n) is 9.34. The number of nitrogens with two attached hydrogens (primary N) is 2. The van der Waals surface area contributed by atoms with Crippen molar-refractivity contribution in [3.8, 4) is 11.5 Å². The third-order valence-corrected chi connectivity index (χ3v) is 2.22. The van der Waals surface area contributed by atoms with Crippen LogP contribution in [-0.4, -0.2) is 16.5 Å². The normalized spacial score (nSPS) is 10.2. The Morgan fingerprint density at radius 3 is 2.59 bits per heavy atom. The second-order valence-electron chi connectivity index (χ2n) is 3.57. The highest BCUT2D eigenvalue weighted by Gasteiger charge is 2.00. The molecule has 1 aromatic heterocycles. The highest BCUT2D eigenvalue weighted by molar-refractivity contribution is 5.33. The van der Waals surface area contributed by atoms with Gasteiger partial charge in [0.15, 0.2) is 5.75 Å². The summed E-state index contributed by atoms with van der Waals surface area (Å²) in [6.45, 7) is 0.619. The lowest BCUT2D eigenvalue weighted by Crippen LogP contribution is -2.02. The van der Waals surface area contributed by atoms with Gasteiger partial charge in [-0.05, 0) is 30.7 Å². The molecule has 0 aliphatic heterocycles. The Labute approximate surface area is 99.5 Å². The van der Waals surface area contributed by atoms with Gasteiger partial charge in [-0.15, -0.1) is 0 Å². The Kier molecular flexibility index (Phi) is 3.52. The van der Waals surface area contributed by atoms with E-state index in [2.05, 4.69) is 9.97 Å². The maximum atomic E-state index is 5.60. The number of benzene rings is 1. The van der Waals surface area contributed by atoms with Gasteiger partial charge in [0, 0.05) is 0 Å². The zero-order chi connectivity index (χ0) is 12.1. The molecule has 0 saturated carbocycles. The van der Waals surface area contributed by atoms with E-state index >= 15 is 0 Å². The van der Waals surface area contributed by atoms with Crippen molar-refractivity contribution < 1.29 is 4.74 Å². The van der Waals surface area contributed by atoms with E-state index in [0.717, 1.165) is 17.7 Å². The van der Waals surface area contributed by atoms with Crippen LogP contribution in [0.5, 0.6) is 11.5 Å². The number of anilines is 1. The Morgan fingerprint density at radius 2 is 1.88 bits per heavy atom. The minimum atomic E-state index is 0.231. The van der Waals surface area contributed by atoms with Crippen LogP contribution < -0.4 is 16.2 Å². The zero-order valence-corrected chi connectivity index (χ0v) is 9.34. The number of nitrogens with zero attached hydrogens (tertiary/aromatic N) is 2. The van der Waals surface area contributed by atoms with Crippen molar-refractivity contribution >= 4 is 5.95 Å². The van der Waals surface area contributed by atoms with Crippen LogP contribution in [0.2, 0.25) is 0 Å². The SMILES string of the molecule is NCCc1cccc(Oc2cnc(N)nc2)c1. The molecule has 0 radical (unpaired) electrons. The van der Waals surface area contributed by atoms with E-state index < -0.39 is 0 Å². The van der Waals surface area contributed by atoms with E-state index in [4.69, 9.17) is 16.2 Å². The number of ether oxygens (including phenoxy) is 1. The summed E-state index contributed by atoms with van der Waals surface area (Å²) in [7, 11) is 0. The topological polar surface area (TPSA) is 87.0 Å². The molecule has 1 aromatic carbocycles. The summed E-state index contributed by atoms with van der Waals surface area (Å²) >= 11 is 0. The molecule has 1 heterocycles. The van der Waals surface area contributed by atoms with Crippen LogP contribution in [0, 0.1) is 0 Å². The Hall–Kier alpha value is -2.14. The largest absolute Gasteiger partial charge is 0.454 e. The summed E-state index contributed by atoms with van der Waals surface area (Å²) in [4.78, 5) is 7.71. The molecule has 2 aromatic rings. The first kappa shape index (κ1) is 11.3. The van der Waals surface area contributed by atoms with Crippen LogP contribution in [0.3, 0.4) is 0 Å². The minimum absolute atomic E-state index is 0.231. The molecule has 0 aliphatic carbocycles. The second-order valence-corrected chi connectivity index (χ2v) is 3.57. The Bertz CT molecular complexity index is 484. The molecule has 88 valence electrons. The Morgan fingerprint density at radius 1 is 1.12 bits per heavy atom. The van der Waals surface area contributed by atoms with Crippen molar-refractivity contribution in [2.45, 2.75) is 6.42 Å². The lowest BCUT2D eigenvalue weighted by Gasteiger charge is -2.06. The van der Waals surface area contributed by atoms with Crippen LogP contribution in [0.4, 0.5) is 5.95 Å². The molecule has 17 heavy (non-hydrogen) atoms. The van der Waals surface area contributed by atoms with Gasteiger partial charge >= 0.3 is 0 Å². The predicted molar refractivity (Wildman–Crippen MR) is 65.7 cm³/mol. The predicted octanol–water partition coefficient (Wildman–Crippen LogP) is 1.35. The molecule has 5 nitrogen and oxygen atoms in total. The van der Waals surface area contributed by atoms with Gasteiger partial charge in [0.2, 0.25) is 5.95 Å². The van der Waals surface area contributed by atoms with E-state index in [1.165, 1.54) is 12.4 Å². The van der Waals surface area contributed by atoms with Crippen LogP contribution in [-0.2, 0) is 6.42 Å². The second kappa shape index (κ2) is 5.27. The van der Waals surface area contributed by atoms with Crippen molar-refractivity contribution in [1.29, 1.82) is 0 Å². The third kappa shape index (κ3) is 3.15. The average Bonchev–Trinajstić information content (AvgIpc) is 2.33. The number of aromatic nitrogens is 2. The van der Waals surface area contributed by atoms with Crippen molar-refractivity contribution in [2.24, 2.45) is 5.73 Å². The summed E-state index contributed by atoms with van der Waals surface area (Å²) < 4.78 is 5.60. The minimum Gasteiger partial charge on any atom is -0.454 e. The number of rotatable bonds is 4. The molecular weight excluding hydrogens is 216 g/mol. The van der Waals surface area contributed by atoms with Gasteiger partial charge in [-0.3, -0.25) is 0 Å². The fraction of sp³-hybridized carbons (Fsp3) is 0.167. The third-order valence-electron chi connectivity index (χ3n) is 2.22. The molecule has 5 heteroatoms. The van der Waals surface area contributed by atoms with Crippen molar-refractivity contribution in [1.82, 2.24) is 9.97 Å². The van der Waals surface area contributed by atoms with Gasteiger partial charge in [-0.1, -0.05) is 12.1 Å². The quantitative estimate of drug-likeness (QED) is 0.827. The monoisotopic (exact) mass is 230 g/mol. The first-order chi connectivity index (χ1) is 8.28. The molecule has 4 N–H and O–H groups in total. The lowest BCUT2D eigenvalue weighted by atomic mass is 10.1. The highest BCUT2D eigenvalue weighted by Crippen LogP contribution is 2.21. The molecule has 0 atom stereocenters. The maximum absolute atomic E-state index is 5.60. The van der Waals surface area contributed by atoms with Crippen LogP contribution in [0.25, 0.3) is 0 Å². The van der Waals surface area contributed by atoms with Gasteiger partial charge in [-0.25, -0.2) is 9.97 Å². The maximum Gasteiger partial charge on any atom is 0.220 e. The van der Waals surface area contributed by atoms with Crippen molar-refractivity contribution in [3.63, 3.8) is 0 Å². The molecule has 2 rings (SSSR count). The van der Waals surface area contributed by atoms with E-state index in [1.807, 2.05) is 24.3 Å². The number of nitrogen functional groups attached to an aromatic ring is 1. The smallest absolute Gasteiger partial charge is 0.220 e. The van der Waals surface area contributed by atoms with Gasteiger partial charge in [0.1, 0.15) is 5.75 Å². The summed E-state index contributed by atoms with van der Waals surface area (Å²) in [5.41, 5.74) is 12.0. The van der Waals surface area contributed by atoms with E-state index in [0.29, 0.717) is 12.3 Å². The van der Waals surface area contributed by atoms with E-state index in [-0.39, 0.29) is 5.95 Å². The molecular formula is C12H14N4O. The standard InChI is InChI=1S/C12H14N4O/c13-5-4-9-2-1-3-10(6-9)17-11-7-15-12(14)16-8-11/h1-3,6-8H,4-5,13H2,(H2,14,15,16). The first-order valence-corrected chi connectivity index (χ1v) is 5.32. The fourth-order valence-corrected chi connectivity index (χ4v) is 1.45. The van der Waals surface area contributed by atoms with Gasteiger partial charge in [0.05, 0.1) is 12.4 Å². The fourth-order valence-electron chi connectivity index (χ4n) is 1.45. The van der Waals surface area contributed by atoms with Gasteiger partial charge in [-0.2, -0.15) is 0 Å². The molecule has 0 fully saturated rings. The van der Waals surface area contributed by atoms with E-state index in [9.17, 15) is 0 Å². The highest BCUT2D eigenvalue weighted by atomic mass is 16.5. The molecule has 0 saturated heterocycles. The average molecular weight is 230 g/mol. The molecule has 0 bridgehead atoms. The number of hydrogen-bond acceptors (Lipinski definition) is 5. The van der Waals surface area contributed by atoms with Crippen LogP contribution in [0.1, 0.15) is 5.56 Å².